The summed E-state index contributed by atoms with van der Waals surface area (Å²) < 4.78 is 13.3. The summed E-state index contributed by atoms with van der Waals surface area (Å²) in [5, 5.41) is 12.6. The Balaban J connectivity index is 1.16. The number of fused-ring (bicyclic) bond motifs is 20. The van der Waals surface area contributed by atoms with Gasteiger partial charge in [0.15, 0.2) is 23.3 Å². The second-order valence-electron chi connectivity index (χ2n) is 15.7. The van der Waals surface area contributed by atoms with Crippen LogP contribution in [0, 0.1) is 0 Å². The summed E-state index contributed by atoms with van der Waals surface area (Å²) in [6, 6.07) is 41.6. The van der Waals surface area contributed by atoms with Crippen LogP contribution in [0.4, 0.5) is 5.69 Å². The average Bonchev–Trinajstić information content (AvgIpc) is 3.99. The minimum absolute atomic E-state index is 0.166. The highest BCUT2D eigenvalue weighted by Crippen LogP contribution is 2.40. The lowest BCUT2D eigenvalue weighted by Gasteiger charge is -2.23. The minimum Gasteiger partial charge on any atom is -0.478 e. The molecule has 8 bridgehead atoms. The molecule has 0 saturated carbocycles. The van der Waals surface area contributed by atoms with Crippen LogP contribution in [0.1, 0.15) is 10.4 Å². The Labute approximate surface area is 347 Å². The molecule has 61 heavy (non-hydrogen) atoms. The molecule has 9 aromatic rings. The number of nitrogens with one attached hydrogen (secondary N) is 2. The lowest BCUT2D eigenvalue weighted by Crippen LogP contribution is -2.34. The molecule has 0 fully saturated rings. The van der Waals surface area contributed by atoms with E-state index in [9.17, 15) is 9.90 Å². The highest BCUT2D eigenvalue weighted by atomic mass is 16.5. The van der Waals surface area contributed by atoms with Gasteiger partial charge in [0.1, 0.15) is 51.3 Å². The first-order valence-electron chi connectivity index (χ1n) is 19.5. The van der Waals surface area contributed by atoms with Gasteiger partial charge in [-0.3, -0.25) is 4.48 Å². The molecule has 3 N–H and O–H groups in total. The van der Waals surface area contributed by atoms with Crippen molar-refractivity contribution in [1.29, 1.82) is 0 Å². The molecular formula is C48H34N9O4+. The number of hydrogen-bond acceptors (Lipinski definition) is 9. The maximum absolute atomic E-state index is 11.5. The van der Waals surface area contributed by atoms with E-state index < -0.39 is 5.97 Å². The fourth-order valence-corrected chi connectivity index (χ4v) is 7.68. The van der Waals surface area contributed by atoms with E-state index in [1.807, 2.05) is 103 Å². The lowest BCUT2D eigenvalue weighted by molar-refractivity contribution is 0.0697. The molecule has 6 aromatic carbocycles. The number of nitrogens with zero attached hydrogens (tertiary/aromatic N) is 7. The van der Waals surface area contributed by atoms with Crippen LogP contribution in [-0.2, 0) is 0 Å². The van der Waals surface area contributed by atoms with Gasteiger partial charge < -0.3 is 24.5 Å². The first-order valence-corrected chi connectivity index (χ1v) is 19.5. The van der Waals surface area contributed by atoms with Gasteiger partial charge in [0.2, 0.25) is 0 Å². The molecule has 3 aromatic heterocycles. The van der Waals surface area contributed by atoms with E-state index in [-0.39, 0.29) is 5.56 Å². The summed E-state index contributed by atoms with van der Waals surface area (Å²) in [7, 11) is 6.34. The largest absolute Gasteiger partial charge is 0.478 e. The summed E-state index contributed by atoms with van der Waals surface area (Å²) in [6.45, 7) is 0. The van der Waals surface area contributed by atoms with Gasteiger partial charge in [-0.1, -0.05) is 54.6 Å². The zero-order valence-corrected chi connectivity index (χ0v) is 33.0. The van der Waals surface area contributed by atoms with Crippen LogP contribution in [-0.4, -0.2) is 72.1 Å². The van der Waals surface area contributed by atoms with E-state index >= 15 is 0 Å². The number of quaternary nitrogens is 1. The number of aromatic carboxylic acids is 1. The molecule has 0 atom stereocenters. The van der Waals surface area contributed by atoms with Gasteiger partial charge in [0.25, 0.3) is 0 Å². The zero-order valence-electron chi connectivity index (χ0n) is 33.0. The minimum atomic E-state index is -1.01. The Bertz CT molecular complexity index is 3460. The predicted octanol–water partition coefficient (Wildman–Crippen LogP) is 10.3. The highest BCUT2D eigenvalue weighted by molar-refractivity contribution is 6.06. The number of benzene rings is 6. The number of rotatable bonds is 6. The van der Waals surface area contributed by atoms with Gasteiger partial charge in [-0.25, -0.2) is 34.7 Å². The topological polar surface area (TPSA) is 165 Å². The third-order valence-electron chi connectivity index (χ3n) is 10.8. The number of hydrogen-bond donors (Lipinski definition) is 3. The number of aromatic nitrogens is 8. The van der Waals surface area contributed by atoms with Gasteiger partial charge >= 0.3 is 5.97 Å². The molecule has 13 nitrogen and oxygen atoms in total. The second-order valence-corrected chi connectivity index (χ2v) is 15.7. The van der Waals surface area contributed by atoms with E-state index in [1.165, 1.54) is 12.1 Å². The van der Waals surface area contributed by atoms with Crippen molar-refractivity contribution in [2.24, 2.45) is 0 Å². The van der Waals surface area contributed by atoms with E-state index in [4.69, 9.17) is 39.4 Å². The predicted molar refractivity (Wildman–Crippen MR) is 236 cm³/mol. The normalized spacial score (nSPS) is 12.0. The van der Waals surface area contributed by atoms with Crippen molar-refractivity contribution in [3.8, 4) is 68.5 Å². The quantitative estimate of drug-likeness (QED) is 0.138. The molecule has 2 aliphatic rings. The summed E-state index contributed by atoms with van der Waals surface area (Å²) in [4.78, 5) is 49.0. The molecule has 0 unspecified atom stereocenters. The molecule has 13 heteroatoms. The molecule has 294 valence electrons. The maximum Gasteiger partial charge on any atom is 0.335 e. The van der Waals surface area contributed by atoms with E-state index in [2.05, 4.69) is 37.2 Å². The first-order chi connectivity index (χ1) is 29.6. The average molecular weight is 801 g/mol. The molecule has 5 heterocycles. The Morgan fingerprint density at radius 3 is 1.54 bits per heavy atom. The summed E-state index contributed by atoms with van der Waals surface area (Å²) in [6.07, 6.45) is 0. The monoisotopic (exact) mass is 800 g/mol. The van der Waals surface area contributed by atoms with Crippen LogP contribution in [0.2, 0.25) is 0 Å². The van der Waals surface area contributed by atoms with E-state index in [0.717, 1.165) is 49.5 Å². The number of carbonyl (C=O) groups is 1. The van der Waals surface area contributed by atoms with Crippen LogP contribution in [0.15, 0.2) is 133 Å². The van der Waals surface area contributed by atoms with Crippen LogP contribution in [0.5, 0.6) is 23.0 Å². The molecule has 0 radical (unpaired) electrons. The van der Waals surface area contributed by atoms with Crippen LogP contribution in [0.25, 0.3) is 89.7 Å². The highest BCUT2D eigenvalue weighted by Gasteiger charge is 2.23. The summed E-state index contributed by atoms with van der Waals surface area (Å²) in [5.41, 5.74) is 6.67. The second kappa shape index (κ2) is 13.6. The zero-order chi connectivity index (χ0) is 41.4. The fourth-order valence-electron chi connectivity index (χ4n) is 7.68. The number of carboxylic acid groups (broad SMARTS) is 1. The number of ether oxygens (including phenoxy) is 2. The Hall–Kier alpha value is -8.29. The smallest absolute Gasteiger partial charge is 0.335 e. The molecule has 0 aliphatic carbocycles. The standard InChI is InChI=1S/C48H33N9O4/c1-57(2,3)27-9-8-10-29(23-27)61-31-20-22-36-39(25-31)47-54-44(36)52-42-33-12-5-4-11-32(33)40(50-42)49-41-34-13-6-7-14-35(34)43(51-41)53-46-38-24-30(19-21-37(38)45(55-46)56-47)60-28-17-15-26(16-18-28)48(58)59/h4-25H,1-3H3,(H2-,49,50,51,52,53,54,55,56,58,59)/p+1. The van der Waals surface area contributed by atoms with Gasteiger partial charge in [-0.2, -0.15) is 0 Å². The number of aromatic amines is 2. The van der Waals surface area contributed by atoms with Gasteiger partial charge in [0, 0.05) is 49.9 Å². The van der Waals surface area contributed by atoms with E-state index in [0.29, 0.717) is 73.4 Å². The fraction of sp³-hybridized carbons (Fsp3) is 0.0625. The van der Waals surface area contributed by atoms with Crippen molar-refractivity contribution >= 4 is 55.8 Å². The van der Waals surface area contributed by atoms with E-state index in [1.54, 1.807) is 12.1 Å². The Morgan fingerprint density at radius 1 is 0.459 bits per heavy atom. The molecule has 0 saturated heterocycles. The third-order valence-corrected chi connectivity index (χ3v) is 10.8. The third kappa shape index (κ3) is 6.36. The lowest BCUT2D eigenvalue weighted by atomic mass is 10.1. The molecule has 0 amide bonds. The van der Waals surface area contributed by atoms with Gasteiger partial charge in [0.05, 0.1) is 26.7 Å². The SMILES string of the molecule is C[N+](C)(C)c1cccc(Oc2ccc3c(c2)-c2nc-3nc3[nH]c(nc4nc(nc5[nH]c(n2)c2ccc(Oc6ccc(C(=O)O)cc6)cc52)-c2ccccc2-4)c2ccccc32)c1. The van der Waals surface area contributed by atoms with Crippen molar-refractivity contribution in [3.63, 3.8) is 0 Å². The van der Waals surface area contributed by atoms with Crippen LogP contribution < -0.4 is 14.0 Å². The summed E-state index contributed by atoms with van der Waals surface area (Å²) >= 11 is 0. The number of carboxylic acids is 1. The molecule has 0 spiro atoms. The first kappa shape index (κ1) is 35.8. The molecule has 2 aliphatic heterocycles. The van der Waals surface area contributed by atoms with Crippen molar-refractivity contribution in [3.05, 3.63) is 139 Å². The van der Waals surface area contributed by atoms with Crippen LogP contribution in [0.3, 0.4) is 0 Å². The van der Waals surface area contributed by atoms with Gasteiger partial charge in [-0.05, 0) is 72.8 Å². The summed E-state index contributed by atoms with van der Waals surface area (Å²) in [5.74, 6) is 3.20. The van der Waals surface area contributed by atoms with Crippen molar-refractivity contribution in [2.75, 3.05) is 21.1 Å². The Kier molecular flexibility index (Phi) is 8.02. The van der Waals surface area contributed by atoms with Crippen molar-refractivity contribution in [2.45, 2.75) is 0 Å². The maximum atomic E-state index is 11.5. The van der Waals surface area contributed by atoms with Crippen LogP contribution >= 0.6 is 0 Å². The van der Waals surface area contributed by atoms with Crippen molar-refractivity contribution < 1.29 is 19.4 Å². The number of H-pyrrole nitrogens is 2. The Morgan fingerprint density at radius 2 is 0.934 bits per heavy atom. The molecular weight excluding hydrogens is 767 g/mol. The van der Waals surface area contributed by atoms with Gasteiger partial charge in [-0.15, -0.1) is 0 Å². The molecule has 11 rings (SSSR count). The van der Waals surface area contributed by atoms with Crippen molar-refractivity contribution in [1.82, 2.24) is 44.4 Å².